The summed E-state index contributed by atoms with van der Waals surface area (Å²) in [5.41, 5.74) is 1.01. The van der Waals surface area contributed by atoms with Crippen LogP contribution in [-0.2, 0) is 0 Å². The molecule has 0 unspecified atom stereocenters. The van der Waals surface area contributed by atoms with Crippen molar-refractivity contribution in [2.45, 2.75) is 0 Å². The van der Waals surface area contributed by atoms with E-state index in [1.807, 2.05) is 0 Å². The van der Waals surface area contributed by atoms with E-state index in [4.69, 9.17) is 0 Å². The smallest absolute Gasteiger partial charge is 0.186 e. The molecule has 1 aliphatic rings. The Morgan fingerprint density at radius 3 is 1.54 bits per heavy atom. The van der Waals surface area contributed by atoms with Crippen LogP contribution in [0.2, 0.25) is 0 Å². The maximum Gasteiger partial charge on any atom is 0.186 e. The van der Waals surface area contributed by atoms with E-state index < -0.39 is 0 Å². The Balaban J connectivity index is 0.000000845. The van der Waals surface area contributed by atoms with Gasteiger partial charge >= 0.3 is 0 Å². The van der Waals surface area contributed by atoms with Crippen LogP contribution in [0.4, 0.5) is 0 Å². The van der Waals surface area contributed by atoms with Gasteiger partial charge in [0, 0.05) is 37.3 Å². The first-order chi connectivity index (χ1) is 5.79. The van der Waals surface area contributed by atoms with Crippen LogP contribution >= 0.6 is 0 Å². The van der Waals surface area contributed by atoms with Crippen LogP contribution in [0.1, 0.15) is 20.7 Å². The van der Waals surface area contributed by atoms with Crippen molar-refractivity contribution in [2.24, 2.45) is 0 Å². The van der Waals surface area contributed by atoms with Gasteiger partial charge in [-0.05, 0) is 12.2 Å². The molecule has 3 radical (unpaired) electrons. The molecule has 0 saturated heterocycles. The van der Waals surface area contributed by atoms with Crippen LogP contribution in [0.25, 0.3) is 0 Å². The monoisotopic (exact) mass is 367 g/mol. The summed E-state index contributed by atoms with van der Waals surface area (Å²) >= 11 is 0. The molecule has 13 heavy (non-hydrogen) atoms. The van der Waals surface area contributed by atoms with E-state index in [9.17, 15) is 9.59 Å². The van der Waals surface area contributed by atoms with Gasteiger partial charge in [-0.25, -0.2) is 0 Å². The predicted octanol–water partition coefficient (Wildman–Crippen LogP) is 1.24. The molecule has 1 aromatic rings. The zero-order valence-electron chi connectivity index (χ0n) is 6.73. The summed E-state index contributed by atoms with van der Waals surface area (Å²) in [6.07, 6.45) is 2.62. The van der Waals surface area contributed by atoms with Gasteiger partial charge in [0.25, 0.3) is 0 Å². The summed E-state index contributed by atoms with van der Waals surface area (Å²) in [6.45, 7) is 0. The summed E-state index contributed by atoms with van der Waals surface area (Å²) < 4.78 is 0. The summed E-state index contributed by atoms with van der Waals surface area (Å²) in [7, 11) is 0. The minimum absolute atomic E-state index is 0. The molecule has 2 nitrogen and oxygen atoms in total. The molecule has 0 fully saturated rings. The topological polar surface area (TPSA) is 34.1 Å². The SMILES string of the molecule is O=C1C=CC(=O)c2ccccc21.[Bi]. The predicted molar refractivity (Wildman–Crippen MR) is 50.0 cm³/mol. The largest absolute Gasteiger partial charge is 0.289 e. The van der Waals surface area contributed by atoms with Crippen molar-refractivity contribution < 1.29 is 9.59 Å². The molecule has 0 amide bonds. The number of fused-ring (bicyclic) bond motifs is 1. The number of ketones is 2. The van der Waals surface area contributed by atoms with E-state index in [-0.39, 0.29) is 37.8 Å². The van der Waals surface area contributed by atoms with E-state index in [1.54, 1.807) is 24.3 Å². The van der Waals surface area contributed by atoms with Gasteiger partial charge in [0.2, 0.25) is 0 Å². The van der Waals surface area contributed by atoms with E-state index >= 15 is 0 Å². The fraction of sp³-hybridized carbons (Fsp3) is 0. The van der Waals surface area contributed by atoms with Gasteiger partial charge in [-0.2, -0.15) is 0 Å². The first-order valence-corrected chi connectivity index (χ1v) is 3.65. The first kappa shape index (κ1) is 10.3. The summed E-state index contributed by atoms with van der Waals surface area (Å²) in [5, 5.41) is 0. The number of carbonyl (C=O) groups is 2. The van der Waals surface area contributed by atoms with Gasteiger partial charge in [0.05, 0.1) is 0 Å². The van der Waals surface area contributed by atoms with Gasteiger partial charge in [0.1, 0.15) is 0 Å². The Labute approximate surface area is 94.8 Å². The van der Waals surface area contributed by atoms with Crippen LogP contribution in [0.5, 0.6) is 0 Å². The van der Waals surface area contributed by atoms with Crippen LogP contribution in [0.15, 0.2) is 36.4 Å². The van der Waals surface area contributed by atoms with Gasteiger partial charge in [-0.3, -0.25) is 9.59 Å². The fourth-order valence-corrected chi connectivity index (χ4v) is 1.24. The number of hydrogen-bond donors (Lipinski definition) is 0. The number of allylic oxidation sites excluding steroid dienone is 2. The minimum atomic E-state index is -0.0924. The van der Waals surface area contributed by atoms with Gasteiger partial charge in [-0.1, -0.05) is 24.3 Å². The van der Waals surface area contributed by atoms with Crippen LogP contribution < -0.4 is 0 Å². The molecule has 63 valence electrons. The Bertz CT molecular complexity index is 357. The molecule has 0 heterocycles. The minimum Gasteiger partial charge on any atom is -0.289 e. The van der Waals surface area contributed by atoms with E-state index in [2.05, 4.69) is 0 Å². The van der Waals surface area contributed by atoms with Crippen LogP contribution in [-0.4, -0.2) is 37.8 Å². The zero-order chi connectivity index (χ0) is 8.55. The van der Waals surface area contributed by atoms with E-state index in [1.165, 1.54) is 12.2 Å². The average molecular weight is 367 g/mol. The molecule has 0 bridgehead atoms. The normalized spacial score (nSPS) is 13.5. The standard InChI is InChI=1S/C10H6O2.Bi/c11-9-5-6-10(12)8-4-2-1-3-7(8)9;/h1-6H;. The molecule has 0 saturated carbocycles. The van der Waals surface area contributed by atoms with Crippen molar-refractivity contribution >= 4 is 37.8 Å². The van der Waals surface area contributed by atoms with Crippen LogP contribution in [0, 0.1) is 0 Å². The van der Waals surface area contributed by atoms with Gasteiger partial charge in [0.15, 0.2) is 11.6 Å². The molecule has 0 N–H and O–H groups in total. The molecular formula is C10H6BiO2. The van der Waals surface area contributed by atoms with Crippen molar-refractivity contribution in [1.29, 1.82) is 0 Å². The van der Waals surface area contributed by atoms with Gasteiger partial charge < -0.3 is 0 Å². The Kier molecular flexibility index (Phi) is 3.10. The van der Waals surface area contributed by atoms with Crippen LogP contribution in [0.3, 0.4) is 0 Å². The second-order valence-electron chi connectivity index (χ2n) is 2.61. The summed E-state index contributed by atoms with van der Waals surface area (Å²) in [6, 6.07) is 6.84. The Hall–Kier alpha value is -0.817. The number of carbonyl (C=O) groups excluding carboxylic acids is 2. The quantitative estimate of drug-likeness (QED) is 0.647. The molecule has 2 rings (SSSR count). The third-order valence-corrected chi connectivity index (χ3v) is 1.84. The summed E-state index contributed by atoms with van der Waals surface area (Å²) in [5.74, 6) is -0.185. The maximum absolute atomic E-state index is 11.2. The van der Waals surface area contributed by atoms with Gasteiger partial charge in [-0.15, -0.1) is 0 Å². The van der Waals surface area contributed by atoms with E-state index in [0.29, 0.717) is 11.1 Å². The van der Waals surface area contributed by atoms with Crippen molar-refractivity contribution in [3.8, 4) is 0 Å². The fourth-order valence-electron chi connectivity index (χ4n) is 1.24. The molecular weight excluding hydrogens is 361 g/mol. The Morgan fingerprint density at radius 2 is 1.15 bits per heavy atom. The molecule has 3 heteroatoms. The third kappa shape index (κ3) is 1.75. The molecule has 0 atom stereocenters. The zero-order valence-corrected chi connectivity index (χ0v) is 10.2. The third-order valence-electron chi connectivity index (χ3n) is 1.84. The Morgan fingerprint density at radius 1 is 0.769 bits per heavy atom. The summed E-state index contributed by atoms with van der Waals surface area (Å²) in [4.78, 5) is 22.4. The maximum atomic E-state index is 11.2. The number of hydrogen-bond acceptors (Lipinski definition) is 2. The molecule has 1 aliphatic carbocycles. The number of rotatable bonds is 0. The van der Waals surface area contributed by atoms with Crippen molar-refractivity contribution in [3.63, 3.8) is 0 Å². The second kappa shape index (κ2) is 3.93. The molecule has 0 spiro atoms. The van der Waals surface area contributed by atoms with Crippen molar-refractivity contribution in [3.05, 3.63) is 47.5 Å². The molecule has 1 aromatic carbocycles. The molecule has 0 aromatic heterocycles. The second-order valence-corrected chi connectivity index (χ2v) is 2.61. The number of benzene rings is 1. The van der Waals surface area contributed by atoms with Crippen molar-refractivity contribution in [2.75, 3.05) is 0 Å². The first-order valence-electron chi connectivity index (χ1n) is 3.65. The molecule has 0 aliphatic heterocycles. The van der Waals surface area contributed by atoms with Crippen molar-refractivity contribution in [1.82, 2.24) is 0 Å². The average Bonchev–Trinajstić information content (AvgIpc) is 2.12. The van der Waals surface area contributed by atoms with E-state index in [0.717, 1.165) is 0 Å².